The van der Waals surface area contributed by atoms with Gasteiger partial charge in [0, 0.05) is 6.20 Å². The summed E-state index contributed by atoms with van der Waals surface area (Å²) in [4.78, 5) is 4.24. The van der Waals surface area contributed by atoms with Crippen molar-refractivity contribution in [3.63, 3.8) is 0 Å². The zero-order valence-corrected chi connectivity index (χ0v) is 9.50. The van der Waals surface area contributed by atoms with E-state index in [4.69, 9.17) is 5.73 Å². The Morgan fingerprint density at radius 2 is 2.07 bits per heavy atom. The quantitative estimate of drug-likeness (QED) is 0.803. The van der Waals surface area contributed by atoms with Gasteiger partial charge in [0.1, 0.15) is 5.82 Å². The number of hydrogen-bond donors (Lipinski definition) is 1. The van der Waals surface area contributed by atoms with Crippen LogP contribution in [0.25, 0.3) is 0 Å². The van der Waals surface area contributed by atoms with Crippen LogP contribution < -0.4 is 5.73 Å². The van der Waals surface area contributed by atoms with Crippen LogP contribution >= 0.6 is 0 Å². The summed E-state index contributed by atoms with van der Waals surface area (Å²) in [7, 11) is 0. The molecule has 2 nitrogen and oxygen atoms in total. The Hall–Kier alpha value is -1.05. The van der Waals surface area contributed by atoms with Gasteiger partial charge in [-0.25, -0.2) is 4.98 Å². The summed E-state index contributed by atoms with van der Waals surface area (Å²) in [6.07, 6.45) is 9.89. The molecule has 0 radical (unpaired) electrons. The summed E-state index contributed by atoms with van der Waals surface area (Å²) in [6.45, 7) is 2.20. The first-order chi connectivity index (χ1) is 7.31. The molecule has 0 aliphatic heterocycles. The lowest BCUT2D eigenvalue weighted by atomic mass is 9.82. The predicted octanol–water partition coefficient (Wildman–Crippen LogP) is 3.27. The molecule has 0 bridgehead atoms. The second kappa shape index (κ2) is 4.65. The largest absolute Gasteiger partial charge is 0.384 e. The number of anilines is 1. The van der Waals surface area contributed by atoms with Crippen molar-refractivity contribution in [1.29, 1.82) is 0 Å². The van der Waals surface area contributed by atoms with E-state index >= 15 is 0 Å². The number of nitrogen functional groups attached to an aromatic ring is 1. The molecule has 2 rings (SSSR count). The summed E-state index contributed by atoms with van der Waals surface area (Å²) in [6, 6.07) is 2.05. The highest BCUT2D eigenvalue weighted by Gasteiger charge is 2.18. The zero-order chi connectivity index (χ0) is 10.7. The molecule has 1 fully saturated rings. The number of aromatic nitrogens is 1. The molecule has 2 heteroatoms. The Morgan fingerprint density at radius 3 is 2.73 bits per heavy atom. The van der Waals surface area contributed by atoms with Gasteiger partial charge in [-0.05, 0) is 42.4 Å². The van der Waals surface area contributed by atoms with Gasteiger partial charge in [0.2, 0.25) is 0 Å². The van der Waals surface area contributed by atoms with Gasteiger partial charge in [-0.2, -0.15) is 0 Å². The molecular weight excluding hydrogens is 184 g/mol. The predicted molar refractivity (Wildman–Crippen MR) is 63.9 cm³/mol. The van der Waals surface area contributed by atoms with E-state index in [-0.39, 0.29) is 0 Å². The van der Waals surface area contributed by atoms with Crippen molar-refractivity contribution >= 4 is 5.82 Å². The molecule has 1 aliphatic carbocycles. The van der Waals surface area contributed by atoms with Gasteiger partial charge in [-0.15, -0.1) is 0 Å². The fourth-order valence-electron chi connectivity index (χ4n) is 2.61. The molecule has 0 amide bonds. The Morgan fingerprint density at radius 1 is 1.33 bits per heavy atom. The minimum absolute atomic E-state index is 0.659. The topological polar surface area (TPSA) is 38.9 Å². The van der Waals surface area contributed by atoms with Crippen LogP contribution in [-0.4, -0.2) is 4.98 Å². The Balaban J connectivity index is 2.25. The average Bonchev–Trinajstić information content (AvgIpc) is 2.30. The molecule has 0 unspecified atom stereocenters. The van der Waals surface area contributed by atoms with Crippen molar-refractivity contribution in [3.05, 3.63) is 23.4 Å². The SMILES string of the molecule is CCc1cc(N)ncc1C1CCCCC1. The van der Waals surface area contributed by atoms with Crippen LogP contribution in [0, 0.1) is 0 Å². The molecule has 1 aliphatic rings. The maximum atomic E-state index is 5.72. The van der Waals surface area contributed by atoms with Crippen LogP contribution in [0.3, 0.4) is 0 Å². The lowest BCUT2D eigenvalue weighted by Crippen LogP contribution is -2.08. The van der Waals surface area contributed by atoms with Gasteiger partial charge >= 0.3 is 0 Å². The summed E-state index contributed by atoms with van der Waals surface area (Å²) in [5.41, 5.74) is 8.57. The van der Waals surface area contributed by atoms with E-state index in [2.05, 4.69) is 11.9 Å². The molecule has 15 heavy (non-hydrogen) atoms. The van der Waals surface area contributed by atoms with Crippen LogP contribution in [0.4, 0.5) is 5.82 Å². The van der Waals surface area contributed by atoms with Crippen molar-refractivity contribution in [2.24, 2.45) is 0 Å². The van der Waals surface area contributed by atoms with Crippen LogP contribution in [0.2, 0.25) is 0 Å². The first kappa shape index (κ1) is 10.5. The Bertz CT molecular complexity index is 327. The molecule has 0 spiro atoms. The van der Waals surface area contributed by atoms with Crippen LogP contribution in [0.5, 0.6) is 0 Å². The van der Waals surface area contributed by atoms with Crippen molar-refractivity contribution in [2.75, 3.05) is 5.73 Å². The van der Waals surface area contributed by atoms with E-state index < -0.39 is 0 Å². The molecular formula is C13H20N2. The molecule has 0 aromatic carbocycles. The third-order valence-corrected chi connectivity index (χ3v) is 3.47. The highest BCUT2D eigenvalue weighted by Crippen LogP contribution is 2.34. The monoisotopic (exact) mass is 204 g/mol. The molecule has 1 aromatic heterocycles. The van der Waals surface area contributed by atoms with Crippen LogP contribution in [0.15, 0.2) is 12.3 Å². The first-order valence-electron chi connectivity index (χ1n) is 6.05. The smallest absolute Gasteiger partial charge is 0.123 e. The molecule has 82 valence electrons. The second-order valence-electron chi connectivity index (χ2n) is 4.50. The standard InChI is InChI=1S/C13H20N2/c1-2-10-8-13(14)15-9-12(10)11-6-4-3-5-7-11/h8-9,11H,2-7H2,1H3,(H2,14,15). The molecule has 1 heterocycles. The van der Waals surface area contributed by atoms with Gasteiger partial charge in [0.05, 0.1) is 0 Å². The summed E-state index contributed by atoms with van der Waals surface area (Å²) in [5, 5.41) is 0. The van der Waals surface area contributed by atoms with Gasteiger partial charge in [-0.1, -0.05) is 26.2 Å². The van der Waals surface area contributed by atoms with Gasteiger partial charge < -0.3 is 5.73 Å². The molecule has 0 atom stereocenters. The van der Waals surface area contributed by atoms with E-state index in [1.807, 2.05) is 12.3 Å². The number of hydrogen-bond acceptors (Lipinski definition) is 2. The first-order valence-corrected chi connectivity index (χ1v) is 6.05. The van der Waals surface area contributed by atoms with E-state index in [9.17, 15) is 0 Å². The minimum atomic E-state index is 0.659. The second-order valence-corrected chi connectivity index (χ2v) is 4.50. The maximum Gasteiger partial charge on any atom is 0.123 e. The van der Waals surface area contributed by atoms with Gasteiger partial charge in [0.25, 0.3) is 0 Å². The summed E-state index contributed by atoms with van der Waals surface area (Å²) in [5.74, 6) is 1.40. The van der Waals surface area contributed by atoms with Crippen molar-refractivity contribution in [1.82, 2.24) is 4.98 Å². The maximum absolute atomic E-state index is 5.72. The number of nitrogens with zero attached hydrogens (tertiary/aromatic N) is 1. The fraction of sp³-hybridized carbons (Fsp3) is 0.615. The lowest BCUT2D eigenvalue weighted by molar-refractivity contribution is 0.441. The summed E-state index contributed by atoms with van der Waals surface area (Å²) < 4.78 is 0. The lowest BCUT2D eigenvalue weighted by Gasteiger charge is -2.23. The summed E-state index contributed by atoms with van der Waals surface area (Å²) >= 11 is 0. The van der Waals surface area contributed by atoms with Crippen molar-refractivity contribution in [3.8, 4) is 0 Å². The minimum Gasteiger partial charge on any atom is -0.384 e. The average molecular weight is 204 g/mol. The van der Waals surface area contributed by atoms with Crippen LogP contribution in [0.1, 0.15) is 56.1 Å². The highest BCUT2D eigenvalue weighted by atomic mass is 14.8. The highest BCUT2D eigenvalue weighted by molar-refractivity contribution is 5.38. The van der Waals surface area contributed by atoms with E-state index in [0.717, 1.165) is 12.3 Å². The van der Waals surface area contributed by atoms with Crippen molar-refractivity contribution in [2.45, 2.75) is 51.4 Å². The van der Waals surface area contributed by atoms with Crippen LogP contribution in [-0.2, 0) is 6.42 Å². The van der Waals surface area contributed by atoms with E-state index in [1.165, 1.54) is 43.2 Å². The number of pyridine rings is 1. The third-order valence-electron chi connectivity index (χ3n) is 3.47. The van der Waals surface area contributed by atoms with Gasteiger partial charge in [-0.3, -0.25) is 0 Å². The number of aryl methyl sites for hydroxylation is 1. The molecule has 0 saturated heterocycles. The molecule has 1 saturated carbocycles. The number of rotatable bonds is 2. The molecule has 1 aromatic rings. The normalized spacial score (nSPS) is 17.9. The Kier molecular flexibility index (Phi) is 3.24. The van der Waals surface area contributed by atoms with E-state index in [1.54, 1.807) is 0 Å². The number of nitrogens with two attached hydrogens (primary N) is 1. The Labute approximate surface area is 91.9 Å². The fourth-order valence-corrected chi connectivity index (χ4v) is 2.61. The zero-order valence-electron chi connectivity index (χ0n) is 9.50. The third kappa shape index (κ3) is 2.31. The molecule has 2 N–H and O–H groups in total. The van der Waals surface area contributed by atoms with Gasteiger partial charge in [0.15, 0.2) is 0 Å². The van der Waals surface area contributed by atoms with Crippen molar-refractivity contribution < 1.29 is 0 Å². The van der Waals surface area contributed by atoms with E-state index in [0.29, 0.717) is 5.82 Å².